The lowest BCUT2D eigenvalue weighted by Gasteiger charge is -2.40. The molecule has 0 aromatic heterocycles. The molecule has 25 heavy (non-hydrogen) atoms. The first-order valence-electron chi connectivity index (χ1n) is 9.04. The van der Waals surface area contributed by atoms with Gasteiger partial charge >= 0.3 is 6.18 Å². The quantitative estimate of drug-likeness (QED) is 0.805. The maximum atomic E-state index is 13.3. The number of likely N-dealkylation sites (tertiary alicyclic amines) is 1. The molecule has 1 heterocycles. The van der Waals surface area contributed by atoms with Crippen molar-refractivity contribution in [1.29, 1.82) is 0 Å². The molecule has 4 unspecified atom stereocenters. The summed E-state index contributed by atoms with van der Waals surface area (Å²) in [5, 5.41) is 5.57. The maximum absolute atomic E-state index is 13.3. The number of hydrogen-bond acceptors (Lipinski definition) is 3. The van der Waals surface area contributed by atoms with Gasteiger partial charge < -0.3 is 10.6 Å². The first kappa shape index (κ1) is 20.0. The van der Waals surface area contributed by atoms with Gasteiger partial charge in [-0.25, -0.2) is 0 Å². The van der Waals surface area contributed by atoms with Crippen LogP contribution >= 0.6 is 0 Å². The Morgan fingerprint density at radius 3 is 2.36 bits per heavy atom. The second-order valence-electron chi connectivity index (χ2n) is 7.40. The van der Waals surface area contributed by atoms with Gasteiger partial charge in [0.15, 0.2) is 0 Å². The van der Waals surface area contributed by atoms with Crippen molar-refractivity contribution in [1.82, 2.24) is 15.5 Å². The molecule has 2 amide bonds. The highest BCUT2D eigenvalue weighted by molar-refractivity contribution is 5.78. The van der Waals surface area contributed by atoms with E-state index in [1.54, 1.807) is 0 Å². The summed E-state index contributed by atoms with van der Waals surface area (Å²) in [5.41, 5.74) is 0. The van der Waals surface area contributed by atoms with Gasteiger partial charge in [0, 0.05) is 25.6 Å². The van der Waals surface area contributed by atoms with Crippen LogP contribution in [0, 0.1) is 5.92 Å². The third-order valence-corrected chi connectivity index (χ3v) is 5.27. The summed E-state index contributed by atoms with van der Waals surface area (Å²) in [5.74, 6) is -0.281. The predicted octanol–water partition coefficient (Wildman–Crippen LogP) is 2.21. The molecule has 8 heteroatoms. The fraction of sp³-hybridized carbons (Fsp3) is 0.882. The van der Waals surface area contributed by atoms with E-state index in [0.29, 0.717) is 5.92 Å². The monoisotopic (exact) mass is 363 g/mol. The third-order valence-electron chi connectivity index (χ3n) is 5.27. The largest absolute Gasteiger partial charge is 0.404 e. The molecule has 2 rings (SSSR count). The van der Waals surface area contributed by atoms with Crippen molar-refractivity contribution in [3.05, 3.63) is 0 Å². The topological polar surface area (TPSA) is 61.4 Å². The van der Waals surface area contributed by atoms with E-state index in [0.717, 1.165) is 30.6 Å². The normalized spacial score (nSPS) is 31.4. The van der Waals surface area contributed by atoms with E-state index >= 15 is 0 Å². The van der Waals surface area contributed by atoms with Crippen LogP contribution in [0.5, 0.6) is 0 Å². The number of halogens is 3. The summed E-state index contributed by atoms with van der Waals surface area (Å²) in [6.45, 7) is 3.16. The molecule has 0 radical (unpaired) electrons. The molecule has 0 aromatic rings. The summed E-state index contributed by atoms with van der Waals surface area (Å²) >= 11 is 0. The van der Waals surface area contributed by atoms with Gasteiger partial charge in [-0.2, -0.15) is 13.2 Å². The van der Waals surface area contributed by atoms with Crippen LogP contribution < -0.4 is 10.6 Å². The van der Waals surface area contributed by atoms with E-state index in [1.165, 1.54) is 6.92 Å². The Morgan fingerprint density at radius 2 is 1.76 bits per heavy atom. The Hall–Kier alpha value is -1.31. The lowest BCUT2D eigenvalue weighted by Crippen LogP contribution is -2.58. The van der Waals surface area contributed by atoms with Crippen molar-refractivity contribution in [3.63, 3.8) is 0 Å². The minimum absolute atomic E-state index is 0.0391. The number of nitrogens with zero attached hydrogens (tertiary/aromatic N) is 1. The Balaban J connectivity index is 1.97. The molecular weight excluding hydrogens is 335 g/mol. The summed E-state index contributed by atoms with van der Waals surface area (Å²) in [4.78, 5) is 24.7. The van der Waals surface area contributed by atoms with Crippen molar-refractivity contribution in [2.45, 2.75) is 76.7 Å². The lowest BCUT2D eigenvalue weighted by molar-refractivity contribution is -0.193. The lowest BCUT2D eigenvalue weighted by atomic mass is 9.86. The Kier molecular flexibility index (Phi) is 6.71. The van der Waals surface area contributed by atoms with Gasteiger partial charge in [0.2, 0.25) is 11.8 Å². The predicted molar refractivity (Wildman–Crippen MR) is 87.8 cm³/mol. The van der Waals surface area contributed by atoms with Crippen LogP contribution in [0.25, 0.3) is 0 Å². The zero-order valence-electron chi connectivity index (χ0n) is 14.9. The Labute approximate surface area is 146 Å². The Bertz CT molecular complexity index is 484. The molecular formula is C17H28F3N3O2. The molecule has 1 saturated carbocycles. The number of alkyl halides is 3. The van der Waals surface area contributed by atoms with E-state index < -0.39 is 12.2 Å². The highest BCUT2D eigenvalue weighted by atomic mass is 19.4. The van der Waals surface area contributed by atoms with Crippen molar-refractivity contribution in [2.24, 2.45) is 5.92 Å². The second-order valence-corrected chi connectivity index (χ2v) is 7.40. The third kappa shape index (κ3) is 5.87. The molecule has 2 N–H and O–H groups in total. The summed E-state index contributed by atoms with van der Waals surface area (Å²) in [7, 11) is 0. The number of hydrogen-bond donors (Lipinski definition) is 2. The van der Waals surface area contributed by atoms with Crippen LogP contribution in [0.2, 0.25) is 0 Å². The number of rotatable bonds is 4. The molecule has 0 aromatic carbocycles. The minimum atomic E-state index is -4.38. The first-order chi connectivity index (χ1) is 11.7. The van der Waals surface area contributed by atoms with Gasteiger partial charge in [0.05, 0.1) is 6.54 Å². The average Bonchev–Trinajstić information content (AvgIpc) is 2.48. The van der Waals surface area contributed by atoms with Gasteiger partial charge in [-0.05, 0) is 31.6 Å². The number of piperidine rings is 1. The van der Waals surface area contributed by atoms with Crippen molar-refractivity contribution in [3.8, 4) is 0 Å². The fourth-order valence-corrected chi connectivity index (χ4v) is 3.96. The van der Waals surface area contributed by atoms with Gasteiger partial charge in [-0.15, -0.1) is 0 Å². The molecule has 2 aliphatic rings. The highest BCUT2D eigenvalue weighted by Gasteiger charge is 2.46. The molecule has 144 valence electrons. The van der Waals surface area contributed by atoms with Gasteiger partial charge in [-0.1, -0.05) is 19.8 Å². The molecule has 2 fully saturated rings. The summed E-state index contributed by atoms with van der Waals surface area (Å²) in [6, 6.07) is -1.94. The minimum Gasteiger partial charge on any atom is -0.352 e. The van der Waals surface area contributed by atoms with E-state index in [9.17, 15) is 22.8 Å². The van der Waals surface area contributed by atoms with Crippen LogP contribution in [0.4, 0.5) is 13.2 Å². The zero-order valence-corrected chi connectivity index (χ0v) is 14.9. The maximum Gasteiger partial charge on any atom is 0.404 e. The molecule has 1 aliphatic carbocycles. The molecule has 1 aliphatic heterocycles. The van der Waals surface area contributed by atoms with Gasteiger partial charge in [-0.3, -0.25) is 14.5 Å². The SMILES string of the molecule is CC(=O)NC1CCC(C(F)(F)F)N(CC(=O)NC2CCCCC2C)C1. The van der Waals surface area contributed by atoms with Gasteiger partial charge in [0.1, 0.15) is 6.04 Å². The number of nitrogens with one attached hydrogen (secondary N) is 2. The Morgan fingerprint density at radius 1 is 1.08 bits per heavy atom. The van der Waals surface area contributed by atoms with Crippen molar-refractivity contribution in [2.75, 3.05) is 13.1 Å². The van der Waals surface area contributed by atoms with Gasteiger partial charge in [0.25, 0.3) is 0 Å². The summed E-state index contributed by atoms with van der Waals surface area (Å²) in [6.07, 6.45) is -0.139. The van der Waals surface area contributed by atoms with E-state index in [1.807, 2.05) is 0 Å². The molecule has 0 bridgehead atoms. The van der Waals surface area contributed by atoms with Crippen LogP contribution in [0.15, 0.2) is 0 Å². The zero-order chi connectivity index (χ0) is 18.6. The second kappa shape index (κ2) is 8.38. The average molecular weight is 363 g/mol. The van der Waals surface area contributed by atoms with Crippen LogP contribution in [0.3, 0.4) is 0 Å². The molecule has 0 spiro atoms. The number of amides is 2. The standard InChI is InChI=1S/C17H28F3N3O2/c1-11-5-3-4-6-14(11)22-16(25)10-23-9-13(21-12(2)24)7-8-15(23)17(18,19)20/h11,13-15H,3-10H2,1-2H3,(H,21,24)(H,22,25). The molecule has 4 atom stereocenters. The first-order valence-corrected chi connectivity index (χ1v) is 9.04. The van der Waals surface area contributed by atoms with Crippen molar-refractivity contribution < 1.29 is 22.8 Å². The van der Waals surface area contributed by atoms with Crippen molar-refractivity contribution >= 4 is 11.8 Å². The molecule has 5 nitrogen and oxygen atoms in total. The van der Waals surface area contributed by atoms with E-state index in [4.69, 9.17) is 0 Å². The van der Waals surface area contributed by atoms with E-state index in [-0.39, 0.29) is 49.8 Å². The number of carbonyl (C=O) groups is 2. The summed E-state index contributed by atoms with van der Waals surface area (Å²) < 4.78 is 39.9. The van der Waals surface area contributed by atoms with Crippen LogP contribution in [-0.2, 0) is 9.59 Å². The van der Waals surface area contributed by atoms with Crippen LogP contribution in [-0.4, -0.2) is 54.1 Å². The number of carbonyl (C=O) groups excluding carboxylic acids is 2. The van der Waals surface area contributed by atoms with Crippen LogP contribution in [0.1, 0.15) is 52.4 Å². The highest BCUT2D eigenvalue weighted by Crippen LogP contribution is 2.32. The van der Waals surface area contributed by atoms with E-state index in [2.05, 4.69) is 17.6 Å². The smallest absolute Gasteiger partial charge is 0.352 e. The fourth-order valence-electron chi connectivity index (χ4n) is 3.96. The molecule has 1 saturated heterocycles.